The van der Waals surface area contributed by atoms with Gasteiger partial charge in [-0.2, -0.15) is 5.43 Å². The summed E-state index contributed by atoms with van der Waals surface area (Å²) in [7, 11) is 4.91. The Balaban J connectivity index is 0.000000808. The molecule has 0 spiro atoms. The lowest BCUT2D eigenvalue weighted by molar-refractivity contribution is 0.0910. The van der Waals surface area contributed by atoms with Crippen LogP contribution < -0.4 is 19.9 Å². The summed E-state index contributed by atoms with van der Waals surface area (Å²) in [6, 6.07) is 15.5. The first kappa shape index (κ1) is 31.6. The SMILES string of the molecule is C/C=C/C.C=C/C=C\C.CCC.COc1ccc(C2=NC(OC)NN2c2ccc(OC)cc2)cc1. The van der Waals surface area contributed by atoms with Gasteiger partial charge in [0.15, 0.2) is 5.84 Å². The van der Waals surface area contributed by atoms with Gasteiger partial charge in [-0.25, -0.2) is 4.99 Å². The maximum Gasteiger partial charge on any atom is 0.223 e. The van der Waals surface area contributed by atoms with E-state index >= 15 is 0 Å². The predicted molar refractivity (Wildman–Crippen MR) is 150 cm³/mol. The number of nitrogens with zero attached hydrogens (tertiary/aromatic N) is 2. The zero-order valence-corrected chi connectivity index (χ0v) is 22.6. The summed E-state index contributed by atoms with van der Waals surface area (Å²) in [6.45, 7) is 13.7. The van der Waals surface area contributed by atoms with Crippen LogP contribution in [0.15, 0.2) is 90.5 Å². The van der Waals surface area contributed by atoms with Crippen LogP contribution in [-0.4, -0.2) is 33.5 Å². The molecule has 0 fully saturated rings. The second-order valence-electron chi connectivity index (χ2n) is 7.07. The molecule has 0 aromatic heterocycles. The third kappa shape index (κ3) is 12.1. The second-order valence-corrected chi connectivity index (χ2v) is 7.07. The first-order valence-corrected chi connectivity index (χ1v) is 11.8. The molecule has 6 nitrogen and oxygen atoms in total. The van der Waals surface area contributed by atoms with Gasteiger partial charge < -0.3 is 14.2 Å². The topological polar surface area (TPSA) is 55.3 Å². The molecule has 0 saturated carbocycles. The number of ether oxygens (including phenoxy) is 3. The van der Waals surface area contributed by atoms with Gasteiger partial charge in [0.2, 0.25) is 6.35 Å². The number of amidine groups is 1. The summed E-state index contributed by atoms with van der Waals surface area (Å²) in [5.41, 5.74) is 5.12. The molecular weight excluding hydrogens is 438 g/mol. The van der Waals surface area contributed by atoms with Crippen LogP contribution in [-0.2, 0) is 4.74 Å². The van der Waals surface area contributed by atoms with Crippen LogP contribution in [0.3, 0.4) is 0 Å². The Kier molecular flexibility index (Phi) is 18.1. The molecule has 0 radical (unpaired) electrons. The zero-order valence-electron chi connectivity index (χ0n) is 22.6. The van der Waals surface area contributed by atoms with Gasteiger partial charge in [-0.15, -0.1) is 0 Å². The van der Waals surface area contributed by atoms with Gasteiger partial charge in [0, 0.05) is 12.7 Å². The van der Waals surface area contributed by atoms with Crippen molar-refractivity contribution in [1.29, 1.82) is 0 Å². The molecule has 1 aliphatic heterocycles. The van der Waals surface area contributed by atoms with E-state index in [-0.39, 0.29) is 0 Å². The Hall–Kier alpha value is -3.35. The number of nitrogens with one attached hydrogen (secondary N) is 1. The third-order valence-electron chi connectivity index (χ3n) is 4.25. The highest BCUT2D eigenvalue weighted by molar-refractivity contribution is 6.10. The number of aliphatic imine (C=N–C) groups is 1. The van der Waals surface area contributed by atoms with E-state index in [1.165, 1.54) is 6.42 Å². The van der Waals surface area contributed by atoms with Crippen LogP contribution in [0.1, 0.15) is 46.6 Å². The first-order chi connectivity index (χ1) is 17.0. The van der Waals surface area contributed by atoms with E-state index in [1.54, 1.807) is 27.4 Å². The van der Waals surface area contributed by atoms with E-state index in [1.807, 2.05) is 98.6 Å². The van der Waals surface area contributed by atoms with Gasteiger partial charge in [0.25, 0.3) is 0 Å². The number of hydrogen-bond donors (Lipinski definition) is 1. The summed E-state index contributed by atoms with van der Waals surface area (Å²) in [6.07, 6.45) is 10.4. The minimum Gasteiger partial charge on any atom is -0.497 e. The lowest BCUT2D eigenvalue weighted by atomic mass is 10.2. The molecule has 2 aromatic carbocycles. The predicted octanol–water partition coefficient (Wildman–Crippen LogP) is 7.15. The zero-order chi connectivity index (χ0) is 26.5. The molecule has 0 amide bonds. The van der Waals surface area contributed by atoms with Crippen molar-refractivity contribution < 1.29 is 14.2 Å². The largest absolute Gasteiger partial charge is 0.497 e. The smallest absolute Gasteiger partial charge is 0.223 e. The number of anilines is 1. The van der Waals surface area contributed by atoms with Crippen LogP contribution in [0.4, 0.5) is 5.69 Å². The highest BCUT2D eigenvalue weighted by Crippen LogP contribution is 2.24. The third-order valence-corrected chi connectivity index (χ3v) is 4.25. The molecule has 3 rings (SSSR count). The molecule has 6 heteroatoms. The highest BCUT2D eigenvalue weighted by Gasteiger charge is 2.26. The van der Waals surface area contributed by atoms with Crippen LogP contribution in [0.25, 0.3) is 0 Å². The van der Waals surface area contributed by atoms with Gasteiger partial charge in [0.05, 0.1) is 19.9 Å². The van der Waals surface area contributed by atoms with E-state index < -0.39 is 6.35 Å². The van der Waals surface area contributed by atoms with Crippen molar-refractivity contribution in [2.45, 2.75) is 47.4 Å². The van der Waals surface area contributed by atoms with Crippen LogP contribution in [0.5, 0.6) is 11.5 Å². The maximum absolute atomic E-state index is 5.31. The van der Waals surface area contributed by atoms with E-state index in [9.17, 15) is 0 Å². The molecule has 0 saturated heterocycles. The normalized spacial score (nSPS) is 14.1. The molecule has 1 aliphatic rings. The standard InChI is InChI=1S/C17H19N3O3.C5H8.C4H8.C3H8/c1-21-14-8-4-12(5-9-14)16-18-17(23-3)19-20(16)13-6-10-15(22-2)11-7-13;1-3-5-4-2;1-3-4-2;1-3-2/h4-11,17,19H,1-3H3;3-5H,1H2,2H3;3-4H,1-2H3;3H2,1-2H3/b;5-4-;4-3+;. The van der Waals surface area contributed by atoms with Gasteiger partial charge in [-0.1, -0.05) is 57.2 Å². The molecule has 2 aromatic rings. The van der Waals surface area contributed by atoms with Crippen LogP contribution in [0.2, 0.25) is 0 Å². The molecule has 1 atom stereocenters. The Bertz CT molecular complexity index is 884. The van der Waals surface area contributed by atoms with Gasteiger partial charge in [-0.3, -0.25) is 5.01 Å². The monoisotopic (exact) mass is 481 g/mol. The fourth-order valence-electron chi connectivity index (χ4n) is 2.48. The summed E-state index contributed by atoms with van der Waals surface area (Å²) in [5, 5.41) is 1.90. The Morgan fingerprint density at radius 3 is 1.69 bits per heavy atom. The lowest BCUT2D eigenvalue weighted by Gasteiger charge is -2.21. The molecule has 35 heavy (non-hydrogen) atoms. The van der Waals surface area contributed by atoms with E-state index in [0.717, 1.165) is 28.6 Å². The van der Waals surface area contributed by atoms with Crippen molar-refractivity contribution in [3.8, 4) is 11.5 Å². The van der Waals surface area contributed by atoms with Crippen molar-refractivity contribution in [2.24, 2.45) is 4.99 Å². The first-order valence-electron chi connectivity index (χ1n) is 11.8. The van der Waals surface area contributed by atoms with Crippen molar-refractivity contribution in [3.05, 3.63) is 91.1 Å². The van der Waals surface area contributed by atoms with Crippen molar-refractivity contribution >= 4 is 11.5 Å². The van der Waals surface area contributed by atoms with E-state index in [4.69, 9.17) is 14.2 Å². The van der Waals surface area contributed by atoms with Crippen molar-refractivity contribution in [1.82, 2.24) is 5.43 Å². The molecule has 192 valence electrons. The van der Waals surface area contributed by atoms with Crippen molar-refractivity contribution in [3.63, 3.8) is 0 Å². The molecule has 1 N–H and O–H groups in total. The molecule has 1 unspecified atom stereocenters. The molecule has 1 heterocycles. The average molecular weight is 482 g/mol. The summed E-state index contributed by atoms with van der Waals surface area (Å²) in [4.78, 5) is 4.57. The Labute approximate surface area is 212 Å². The molecule has 0 aliphatic carbocycles. The fourth-order valence-corrected chi connectivity index (χ4v) is 2.48. The fraction of sp³-hybridized carbons (Fsp3) is 0.345. The Morgan fingerprint density at radius 2 is 1.34 bits per heavy atom. The maximum atomic E-state index is 5.31. The number of methoxy groups -OCH3 is 3. The number of benzene rings is 2. The number of rotatable bonds is 6. The average Bonchev–Trinajstić information content (AvgIpc) is 3.35. The molecule has 0 bridgehead atoms. The minimum atomic E-state index is -0.422. The van der Waals surface area contributed by atoms with Crippen molar-refractivity contribution in [2.75, 3.05) is 26.3 Å². The molecular formula is C29H43N3O3. The second kappa shape index (κ2) is 20.1. The van der Waals surface area contributed by atoms with E-state index in [2.05, 4.69) is 30.8 Å². The lowest BCUT2D eigenvalue weighted by Crippen LogP contribution is -2.41. The van der Waals surface area contributed by atoms with Crippen LogP contribution in [0, 0.1) is 0 Å². The minimum absolute atomic E-state index is 0.422. The highest BCUT2D eigenvalue weighted by atomic mass is 16.5. The quantitative estimate of drug-likeness (QED) is 0.351. The van der Waals surface area contributed by atoms with Gasteiger partial charge in [-0.05, 0) is 69.3 Å². The van der Waals surface area contributed by atoms with Crippen LogP contribution >= 0.6 is 0 Å². The number of hydrogen-bond acceptors (Lipinski definition) is 6. The summed E-state index contributed by atoms with van der Waals surface area (Å²) < 4.78 is 15.7. The van der Waals surface area contributed by atoms with Gasteiger partial charge in [0.1, 0.15) is 11.5 Å². The number of hydrazine groups is 1. The number of allylic oxidation sites excluding steroid dienone is 5. The van der Waals surface area contributed by atoms with Gasteiger partial charge >= 0.3 is 0 Å². The van der Waals surface area contributed by atoms with E-state index in [0.29, 0.717) is 0 Å². The Morgan fingerprint density at radius 1 is 0.857 bits per heavy atom. The summed E-state index contributed by atoms with van der Waals surface area (Å²) in [5.74, 6) is 2.39. The summed E-state index contributed by atoms with van der Waals surface area (Å²) >= 11 is 0.